The summed E-state index contributed by atoms with van der Waals surface area (Å²) in [7, 11) is 1.62. The lowest BCUT2D eigenvalue weighted by molar-refractivity contribution is 0.226. The Hall–Kier alpha value is -2.34. The zero-order chi connectivity index (χ0) is 17.6. The first-order valence-corrected chi connectivity index (χ1v) is 8.78. The molecule has 0 bridgehead atoms. The highest BCUT2D eigenvalue weighted by molar-refractivity contribution is 5.63. The number of rotatable bonds is 7. The van der Waals surface area contributed by atoms with Gasteiger partial charge in [-0.05, 0) is 57.0 Å². The molecule has 1 fully saturated rings. The average Bonchev–Trinajstić information content (AvgIpc) is 3.04. The van der Waals surface area contributed by atoms with Gasteiger partial charge in [-0.2, -0.15) is 5.10 Å². The number of hydrogen-bond acceptors (Lipinski definition) is 5. The number of benzene rings is 1. The molecule has 1 aromatic heterocycles. The van der Waals surface area contributed by atoms with Crippen LogP contribution in [0.15, 0.2) is 35.1 Å². The van der Waals surface area contributed by atoms with Crippen molar-refractivity contribution in [2.45, 2.75) is 32.2 Å². The molecule has 0 amide bonds. The summed E-state index contributed by atoms with van der Waals surface area (Å²) in [4.78, 5) is 13.6. The standard InChI is InChI=1S/C19H25N3O3/c1-14-5-3-10-22(14)11-4-12-25-17-8-6-15(13-18(17)24-2)16-7-9-19(23)21-20-16/h6-9,13-14H,3-5,10-12H2,1-2H3,(H,21,23). The van der Waals surface area contributed by atoms with Gasteiger partial charge < -0.3 is 14.4 Å². The maximum absolute atomic E-state index is 11.1. The lowest BCUT2D eigenvalue weighted by Gasteiger charge is -2.20. The predicted octanol–water partition coefficient (Wildman–Crippen LogP) is 2.70. The molecule has 0 saturated carbocycles. The molecule has 1 unspecified atom stereocenters. The van der Waals surface area contributed by atoms with Crippen LogP contribution in [0.25, 0.3) is 11.3 Å². The summed E-state index contributed by atoms with van der Waals surface area (Å²) >= 11 is 0. The Kier molecular flexibility index (Phi) is 5.71. The molecule has 1 saturated heterocycles. The largest absolute Gasteiger partial charge is 0.493 e. The molecule has 25 heavy (non-hydrogen) atoms. The summed E-state index contributed by atoms with van der Waals surface area (Å²) in [6.45, 7) is 5.23. The zero-order valence-corrected chi connectivity index (χ0v) is 14.8. The summed E-state index contributed by atoms with van der Waals surface area (Å²) < 4.78 is 11.3. The maximum atomic E-state index is 11.1. The van der Waals surface area contributed by atoms with Crippen LogP contribution in [0.2, 0.25) is 0 Å². The van der Waals surface area contributed by atoms with Gasteiger partial charge in [0.25, 0.3) is 5.56 Å². The van der Waals surface area contributed by atoms with E-state index in [1.807, 2.05) is 18.2 Å². The number of aromatic nitrogens is 2. The Balaban J connectivity index is 1.59. The van der Waals surface area contributed by atoms with Gasteiger partial charge in [-0.3, -0.25) is 4.79 Å². The second-order valence-electron chi connectivity index (χ2n) is 6.40. The van der Waals surface area contributed by atoms with Crippen molar-refractivity contribution < 1.29 is 9.47 Å². The molecule has 1 atom stereocenters. The third-order valence-corrected chi connectivity index (χ3v) is 4.68. The molecule has 1 N–H and O–H groups in total. The Bertz CT molecular complexity index is 739. The van der Waals surface area contributed by atoms with Gasteiger partial charge in [-0.25, -0.2) is 5.10 Å². The molecule has 6 nitrogen and oxygen atoms in total. The van der Waals surface area contributed by atoms with Crippen molar-refractivity contribution in [3.63, 3.8) is 0 Å². The van der Waals surface area contributed by atoms with E-state index in [1.165, 1.54) is 25.5 Å². The van der Waals surface area contributed by atoms with Gasteiger partial charge in [0.05, 0.1) is 19.4 Å². The van der Waals surface area contributed by atoms with E-state index in [0.29, 0.717) is 24.1 Å². The normalized spacial score (nSPS) is 17.6. The van der Waals surface area contributed by atoms with Gasteiger partial charge in [-0.1, -0.05) is 0 Å². The first-order chi connectivity index (χ1) is 12.2. The van der Waals surface area contributed by atoms with Gasteiger partial charge in [0.1, 0.15) is 0 Å². The highest BCUT2D eigenvalue weighted by atomic mass is 16.5. The van der Waals surface area contributed by atoms with Gasteiger partial charge in [0.15, 0.2) is 11.5 Å². The Morgan fingerprint density at radius 3 is 2.84 bits per heavy atom. The van der Waals surface area contributed by atoms with E-state index in [2.05, 4.69) is 22.0 Å². The molecular weight excluding hydrogens is 318 g/mol. The summed E-state index contributed by atoms with van der Waals surface area (Å²) in [6.07, 6.45) is 3.60. The van der Waals surface area contributed by atoms with Crippen LogP contribution in [0.1, 0.15) is 26.2 Å². The molecule has 2 heterocycles. The fourth-order valence-corrected chi connectivity index (χ4v) is 3.23. The number of likely N-dealkylation sites (tertiary alicyclic amines) is 1. The highest BCUT2D eigenvalue weighted by Crippen LogP contribution is 2.31. The highest BCUT2D eigenvalue weighted by Gasteiger charge is 2.19. The Morgan fingerprint density at radius 2 is 2.16 bits per heavy atom. The molecule has 2 aromatic rings. The second kappa shape index (κ2) is 8.16. The van der Waals surface area contributed by atoms with Crippen LogP contribution in [0, 0.1) is 0 Å². The number of nitrogens with zero attached hydrogens (tertiary/aromatic N) is 2. The summed E-state index contributed by atoms with van der Waals surface area (Å²) in [6, 6.07) is 9.52. The van der Waals surface area contributed by atoms with Crippen molar-refractivity contribution >= 4 is 0 Å². The van der Waals surface area contributed by atoms with Crippen molar-refractivity contribution in [1.82, 2.24) is 15.1 Å². The van der Waals surface area contributed by atoms with Gasteiger partial charge in [0.2, 0.25) is 0 Å². The van der Waals surface area contributed by atoms with Crippen molar-refractivity contribution in [2.24, 2.45) is 0 Å². The Morgan fingerprint density at radius 1 is 1.28 bits per heavy atom. The lowest BCUT2D eigenvalue weighted by atomic mass is 10.1. The van der Waals surface area contributed by atoms with Crippen molar-refractivity contribution in [3.05, 3.63) is 40.7 Å². The molecular formula is C19H25N3O3. The lowest BCUT2D eigenvalue weighted by Crippen LogP contribution is -2.28. The van der Waals surface area contributed by atoms with E-state index in [9.17, 15) is 4.79 Å². The van der Waals surface area contributed by atoms with Crippen LogP contribution < -0.4 is 15.0 Å². The summed E-state index contributed by atoms with van der Waals surface area (Å²) in [5.41, 5.74) is 1.34. The van der Waals surface area contributed by atoms with Gasteiger partial charge in [0, 0.05) is 24.2 Å². The smallest absolute Gasteiger partial charge is 0.264 e. The SMILES string of the molecule is COc1cc(-c2ccc(=O)[nH]n2)ccc1OCCCN1CCCC1C. The quantitative estimate of drug-likeness (QED) is 0.783. The van der Waals surface area contributed by atoms with Crippen LogP contribution in [0.4, 0.5) is 0 Å². The summed E-state index contributed by atoms with van der Waals surface area (Å²) in [5, 5.41) is 6.48. The number of methoxy groups -OCH3 is 1. The molecule has 134 valence electrons. The molecule has 0 radical (unpaired) electrons. The van der Waals surface area contributed by atoms with Gasteiger partial charge >= 0.3 is 0 Å². The Labute approximate surface area is 147 Å². The minimum atomic E-state index is -0.219. The average molecular weight is 343 g/mol. The van der Waals surface area contributed by atoms with Crippen LogP contribution >= 0.6 is 0 Å². The van der Waals surface area contributed by atoms with Crippen LogP contribution in [0.5, 0.6) is 11.5 Å². The first kappa shape index (κ1) is 17.5. The first-order valence-electron chi connectivity index (χ1n) is 8.78. The monoisotopic (exact) mass is 343 g/mol. The van der Waals surface area contributed by atoms with E-state index < -0.39 is 0 Å². The number of hydrogen-bond donors (Lipinski definition) is 1. The number of ether oxygens (including phenoxy) is 2. The molecule has 3 rings (SSSR count). The minimum Gasteiger partial charge on any atom is -0.493 e. The van der Waals surface area contributed by atoms with Crippen molar-refractivity contribution in [1.29, 1.82) is 0 Å². The molecule has 0 spiro atoms. The third kappa shape index (κ3) is 4.39. The second-order valence-corrected chi connectivity index (χ2v) is 6.40. The molecule has 1 aliphatic rings. The molecule has 0 aliphatic carbocycles. The zero-order valence-electron chi connectivity index (χ0n) is 14.8. The van der Waals surface area contributed by atoms with Crippen molar-refractivity contribution in [2.75, 3.05) is 26.8 Å². The minimum absolute atomic E-state index is 0.219. The number of aromatic amines is 1. The fraction of sp³-hybridized carbons (Fsp3) is 0.474. The number of H-pyrrole nitrogens is 1. The van der Waals surface area contributed by atoms with Gasteiger partial charge in [-0.15, -0.1) is 0 Å². The van der Waals surface area contributed by atoms with E-state index in [1.54, 1.807) is 13.2 Å². The number of nitrogens with one attached hydrogen (secondary N) is 1. The van der Waals surface area contributed by atoms with Crippen LogP contribution in [-0.2, 0) is 0 Å². The fourth-order valence-electron chi connectivity index (χ4n) is 3.23. The van der Waals surface area contributed by atoms with E-state index in [4.69, 9.17) is 9.47 Å². The predicted molar refractivity (Wildman–Crippen MR) is 97.2 cm³/mol. The molecule has 1 aliphatic heterocycles. The molecule has 1 aromatic carbocycles. The summed E-state index contributed by atoms with van der Waals surface area (Å²) in [5.74, 6) is 1.39. The van der Waals surface area contributed by atoms with Crippen LogP contribution in [0.3, 0.4) is 0 Å². The maximum Gasteiger partial charge on any atom is 0.264 e. The van der Waals surface area contributed by atoms with E-state index in [-0.39, 0.29) is 5.56 Å². The van der Waals surface area contributed by atoms with Crippen LogP contribution in [-0.4, -0.2) is 47.9 Å². The van der Waals surface area contributed by atoms with E-state index in [0.717, 1.165) is 24.3 Å². The molecule has 6 heteroatoms. The third-order valence-electron chi connectivity index (χ3n) is 4.68. The van der Waals surface area contributed by atoms with E-state index >= 15 is 0 Å². The topological polar surface area (TPSA) is 67.5 Å². The van der Waals surface area contributed by atoms with Crippen molar-refractivity contribution in [3.8, 4) is 22.8 Å².